The highest BCUT2D eigenvalue weighted by atomic mass is 16.3. The molecule has 0 atom stereocenters. The Bertz CT molecular complexity index is 492. The van der Waals surface area contributed by atoms with E-state index in [2.05, 4.69) is 0 Å². The first-order valence-electron chi connectivity index (χ1n) is 5.58. The van der Waals surface area contributed by atoms with Crippen molar-refractivity contribution in [2.24, 2.45) is 0 Å². The zero-order valence-corrected chi connectivity index (χ0v) is 8.98. The van der Waals surface area contributed by atoms with Crippen LogP contribution in [0.3, 0.4) is 0 Å². The van der Waals surface area contributed by atoms with E-state index in [1.54, 1.807) is 0 Å². The van der Waals surface area contributed by atoms with Gasteiger partial charge in [-0.1, -0.05) is 18.2 Å². The van der Waals surface area contributed by atoms with Crippen molar-refractivity contribution in [2.75, 3.05) is 13.1 Å². The summed E-state index contributed by atoms with van der Waals surface area (Å²) in [7, 11) is 0. The second-order valence-electron chi connectivity index (χ2n) is 4.16. The Hall–Kier alpha value is -1.77. The van der Waals surface area contributed by atoms with Gasteiger partial charge >= 0.3 is 0 Å². The summed E-state index contributed by atoms with van der Waals surface area (Å²) < 4.78 is 5.61. The molecule has 2 aromatic rings. The van der Waals surface area contributed by atoms with Gasteiger partial charge in [-0.2, -0.15) is 0 Å². The van der Waals surface area contributed by atoms with Gasteiger partial charge in [0.2, 0.25) is 5.91 Å². The number of likely N-dealkylation sites (tertiary alicyclic amines) is 1. The van der Waals surface area contributed by atoms with Crippen LogP contribution in [0.5, 0.6) is 0 Å². The van der Waals surface area contributed by atoms with Crippen molar-refractivity contribution in [1.82, 2.24) is 4.90 Å². The molecule has 0 spiro atoms. The highest BCUT2D eigenvalue weighted by Crippen LogP contribution is 2.20. The number of hydrogen-bond donors (Lipinski definition) is 0. The summed E-state index contributed by atoms with van der Waals surface area (Å²) in [5, 5.41) is 1.06. The largest absolute Gasteiger partial charge is 0.461 e. The molecule has 1 saturated heterocycles. The lowest BCUT2D eigenvalue weighted by Gasteiger charge is -2.30. The molecule has 0 radical (unpaired) electrons. The quantitative estimate of drug-likeness (QED) is 0.769. The third-order valence-electron chi connectivity index (χ3n) is 3.01. The Balaban J connectivity index is 1.80. The second kappa shape index (κ2) is 3.67. The summed E-state index contributed by atoms with van der Waals surface area (Å²) in [5.74, 6) is 0.934. The Morgan fingerprint density at radius 2 is 2.12 bits per heavy atom. The number of fused-ring (bicyclic) bond motifs is 1. The number of carbonyl (C=O) groups is 1. The molecule has 1 amide bonds. The van der Waals surface area contributed by atoms with Gasteiger partial charge in [-0.25, -0.2) is 0 Å². The van der Waals surface area contributed by atoms with E-state index in [9.17, 15) is 4.79 Å². The van der Waals surface area contributed by atoms with Crippen LogP contribution >= 0.6 is 0 Å². The summed E-state index contributed by atoms with van der Waals surface area (Å²) in [6, 6.07) is 9.78. The summed E-state index contributed by atoms with van der Waals surface area (Å²) in [4.78, 5) is 13.6. The van der Waals surface area contributed by atoms with Crippen molar-refractivity contribution in [3.05, 3.63) is 36.1 Å². The number of carbonyl (C=O) groups excluding carboxylic acids is 1. The van der Waals surface area contributed by atoms with Gasteiger partial charge in [0.05, 0.1) is 6.42 Å². The van der Waals surface area contributed by atoms with Gasteiger partial charge in [0.25, 0.3) is 0 Å². The maximum atomic E-state index is 11.7. The van der Waals surface area contributed by atoms with Crippen LogP contribution in [0.1, 0.15) is 12.2 Å². The molecule has 1 aromatic carbocycles. The van der Waals surface area contributed by atoms with Crippen LogP contribution in [0.25, 0.3) is 11.0 Å². The zero-order chi connectivity index (χ0) is 11.0. The fourth-order valence-corrected chi connectivity index (χ4v) is 1.95. The lowest BCUT2D eigenvalue weighted by atomic mass is 10.2. The van der Waals surface area contributed by atoms with E-state index in [1.807, 2.05) is 35.2 Å². The number of nitrogens with zero attached hydrogens (tertiary/aromatic N) is 1. The normalized spacial score (nSPS) is 15.1. The smallest absolute Gasteiger partial charge is 0.230 e. The van der Waals surface area contributed by atoms with E-state index in [0.29, 0.717) is 6.42 Å². The van der Waals surface area contributed by atoms with Crippen molar-refractivity contribution < 1.29 is 9.21 Å². The Kier molecular flexibility index (Phi) is 2.17. The monoisotopic (exact) mass is 215 g/mol. The molecule has 1 aliphatic rings. The van der Waals surface area contributed by atoms with Crippen molar-refractivity contribution in [1.29, 1.82) is 0 Å². The standard InChI is InChI=1S/C13H13NO2/c15-13(14-6-3-7-14)9-11-8-10-4-1-2-5-12(10)16-11/h1-2,4-5,8H,3,6-7,9H2. The maximum absolute atomic E-state index is 11.7. The predicted molar refractivity (Wildman–Crippen MR) is 61.1 cm³/mol. The molecule has 82 valence electrons. The summed E-state index contributed by atoms with van der Waals surface area (Å²) >= 11 is 0. The van der Waals surface area contributed by atoms with Gasteiger partial charge in [0, 0.05) is 18.5 Å². The highest BCUT2D eigenvalue weighted by molar-refractivity contribution is 5.82. The van der Waals surface area contributed by atoms with Gasteiger partial charge in [0.15, 0.2) is 0 Å². The molecule has 0 unspecified atom stereocenters. The van der Waals surface area contributed by atoms with E-state index in [4.69, 9.17) is 4.42 Å². The Morgan fingerprint density at radius 1 is 1.31 bits per heavy atom. The minimum Gasteiger partial charge on any atom is -0.461 e. The number of hydrogen-bond acceptors (Lipinski definition) is 2. The van der Waals surface area contributed by atoms with Crippen LogP contribution < -0.4 is 0 Å². The number of rotatable bonds is 2. The molecule has 3 heteroatoms. The van der Waals surface area contributed by atoms with Crippen LogP contribution in [0, 0.1) is 0 Å². The van der Waals surface area contributed by atoms with Crippen molar-refractivity contribution in [3.8, 4) is 0 Å². The van der Waals surface area contributed by atoms with Crippen molar-refractivity contribution in [3.63, 3.8) is 0 Å². The lowest BCUT2D eigenvalue weighted by Crippen LogP contribution is -2.42. The molecule has 1 aromatic heterocycles. The van der Waals surface area contributed by atoms with Gasteiger partial charge in [-0.3, -0.25) is 4.79 Å². The molecule has 0 N–H and O–H groups in total. The lowest BCUT2D eigenvalue weighted by molar-refractivity contribution is -0.134. The summed E-state index contributed by atoms with van der Waals surface area (Å²) in [6.45, 7) is 1.80. The van der Waals surface area contributed by atoms with Crippen LogP contribution in [0.2, 0.25) is 0 Å². The van der Waals surface area contributed by atoms with Crippen LogP contribution in [-0.4, -0.2) is 23.9 Å². The van der Waals surface area contributed by atoms with E-state index in [1.165, 1.54) is 0 Å². The first-order chi connectivity index (χ1) is 7.83. The third kappa shape index (κ3) is 1.58. The van der Waals surface area contributed by atoms with Crippen LogP contribution in [-0.2, 0) is 11.2 Å². The first kappa shape index (κ1) is 9.46. The SMILES string of the molecule is O=C(Cc1cc2ccccc2o1)N1CCC1. The molecule has 16 heavy (non-hydrogen) atoms. The van der Waals surface area contributed by atoms with Gasteiger partial charge in [-0.15, -0.1) is 0 Å². The van der Waals surface area contributed by atoms with Crippen LogP contribution in [0.4, 0.5) is 0 Å². The molecule has 0 saturated carbocycles. The van der Waals surface area contributed by atoms with Crippen molar-refractivity contribution in [2.45, 2.75) is 12.8 Å². The molecular weight excluding hydrogens is 202 g/mol. The fourth-order valence-electron chi connectivity index (χ4n) is 1.95. The number of benzene rings is 1. The minimum atomic E-state index is 0.172. The minimum absolute atomic E-state index is 0.172. The van der Waals surface area contributed by atoms with Gasteiger partial charge in [0.1, 0.15) is 11.3 Å². The average Bonchev–Trinajstić information content (AvgIpc) is 2.56. The Morgan fingerprint density at radius 3 is 2.81 bits per heavy atom. The molecule has 2 heterocycles. The molecule has 1 fully saturated rings. The number of furan rings is 1. The number of amides is 1. The highest BCUT2D eigenvalue weighted by Gasteiger charge is 2.21. The molecule has 3 rings (SSSR count). The number of para-hydroxylation sites is 1. The van der Waals surface area contributed by atoms with Gasteiger partial charge < -0.3 is 9.32 Å². The zero-order valence-electron chi connectivity index (χ0n) is 8.98. The fraction of sp³-hybridized carbons (Fsp3) is 0.308. The van der Waals surface area contributed by atoms with E-state index >= 15 is 0 Å². The third-order valence-corrected chi connectivity index (χ3v) is 3.01. The molecular formula is C13H13NO2. The molecule has 3 nitrogen and oxygen atoms in total. The van der Waals surface area contributed by atoms with E-state index < -0.39 is 0 Å². The molecule has 0 bridgehead atoms. The second-order valence-corrected chi connectivity index (χ2v) is 4.16. The topological polar surface area (TPSA) is 33.5 Å². The van der Waals surface area contributed by atoms with Crippen molar-refractivity contribution >= 4 is 16.9 Å². The molecule has 1 aliphatic heterocycles. The molecule has 0 aliphatic carbocycles. The summed E-state index contributed by atoms with van der Waals surface area (Å²) in [5.41, 5.74) is 0.855. The summed E-state index contributed by atoms with van der Waals surface area (Å²) in [6.07, 6.45) is 1.51. The maximum Gasteiger partial charge on any atom is 0.230 e. The predicted octanol–water partition coefficient (Wildman–Crippen LogP) is 2.21. The Labute approximate surface area is 93.6 Å². The average molecular weight is 215 g/mol. The van der Waals surface area contributed by atoms with Crippen LogP contribution in [0.15, 0.2) is 34.7 Å². The first-order valence-corrected chi connectivity index (χ1v) is 5.58. The van der Waals surface area contributed by atoms with E-state index in [0.717, 1.165) is 36.2 Å². The van der Waals surface area contributed by atoms with E-state index in [-0.39, 0.29) is 5.91 Å². The van der Waals surface area contributed by atoms with Gasteiger partial charge in [-0.05, 0) is 18.6 Å².